The van der Waals surface area contributed by atoms with Crippen molar-refractivity contribution in [1.29, 1.82) is 0 Å². The van der Waals surface area contributed by atoms with E-state index < -0.39 is 9.84 Å². The minimum atomic E-state index is -2.90. The molecule has 8 heteroatoms. The number of likely N-dealkylation sites (tertiary alicyclic amines) is 1. The molecule has 3 rings (SSSR count). The third-order valence-corrected chi connectivity index (χ3v) is 6.73. The van der Waals surface area contributed by atoms with Gasteiger partial charge in [0.15, 0.2) is 15.8 Å². The summed E-state index contributed by atoms with van der Waals surface area (Å²) in [6.07, 6.45) is 6.06. The second kappa shape index (κ2) is 8.23. The molecular formula is C17H28N4O3S. The van der Waals surface area contributed by atoms with E-state index in [1.165, 1.54) is 19.3 Å². The van der Waals surface area contributed by atoms with Gasteiger partial charge in [-0.15, -0.1) is 0 Å². The second-order valence-electron chi connectivity index (χ2n) is 6.83. The van der Waals surface area contributed by atoms with Gasteiger partial charge in [0, 0.05) is 19.6 Å². The lowest BCUT2D eigenvalue weighted by molar-refractivity contribution is 0.146. The van der Waals surface area contributed by atoms with Crippen LogP contribution in [0.5, 0.6) is 0 Å². The summed E-state index contributed by atoms with van der Waals surface area (Å²) in [5.74, 6) is 2.04. The van der Waals surface area contributed by atoms with Crippen molar-refractivity contribution in [2.75, 3.05) is 38.2 Å². The molecule has 7 nitrogen and oxygen atoms in total. The Morgan fingerprint density at radius 1 is 1.40 bits per heavy atom. The van der Waals surface area contributed by atoms with Crippen molar-refractivity contribution < 1.29 is 12.8 Å². The molecule has 0 amide bonds. The van der Waals surface area contributed by atoms with Gasteiger partial charge >= 0.3 is 0 Å². The highest BCUT2D eigenvalue weighted by atomic mass is 32.2. The molecule has 0 saturated carbocycles. The predicted octanol–water partition coefficient (Wildman–Crippen LogP) is 1.16. The van der Waals surface area contributed by atoms with E-state index in [9.17, 15) is 8.42 Å². The lowest BCUT2D eigenvalue weighted by Gasteiger charge is -2.33. The van der Waals surface area contributed by atoms with Gasteiger partial charge < -0.3 is 15.1 Å². The summed E-state index contributed by atoms with van der Waals surface area (Å²) in [5, 5.41) is 6.59. The topological polar surface area (TPSA) is 86.9 Å². The summed E-state index contributed by atoms with van der Waals surface area (Å²) in [7, 11) is -1.19. The van der Waals surface area contributed by atoms with Crippen LogP contribution in [0.3, 0.4) is 0 Å². The van der Waals surface area contributed by atoms with Gasteiger partial charge in [0.2, 0.25) is 0 Å². The minimum Gasteiger partial charge on any atom is -0.468 e. The van der Waals surface area contributed by atoms with Crippen LogP contribution in [0.2, 0.25) is 0 Å². The molecule has 2 aliphatic heterocycles. The first-order valence-electron chi connectivity index (χ1n) is 9.02. The molecule has 1 aromatic heterocycles. The van der Waals surface area contributed by atoms with E-state index in [1.807, 2.05) is 12.1 Å². The van der Waals surface area contributed by atoms with Crippen molar-refractivity contribution in [1.82, 2.24) is 15.5 Å². The normalized spacial score (nSPS) is 25.6. The highest BCUT2D eigenvalue weighted by molar-refractivity contribution is 7.91. The van der Waals surface area contributed by atoms with E-state index in [1.54, 1.807) is 13.3 Å². The van der Waals surface area contributed by atoms with E-state index in [2.05, 4.69) is 20.5 Å². The van der Waals surface area contributed by atoms with Gasteiger partial charge in [-0.3, -0.25) is 9.89 Å². The van der Waals surface area contributed by atoms with Gasteiger partial charge in [0.25, 0.3) is 0 Å². The summed E-state index contributed by atoms with van der Waals surface area (Å²) >= 11 is 0. The third kappa shape index (κ3) is 4.98. The van der Waals surface area contributed by atoms with Gasteiger partial charge in [-0.2, -0.15) is 0 Å². The number of aliphatic imine (C=N–C) groups is 1. The molecule has 140 valence electrons. The van der Waals surface area contributed by atoms with E-state index in [4.69, 9.17) is 4.42 Å². The minimum absolute atomic E-state index is 0.0618. The molecule has 0 bridgehead atoms. The molecule has 0 aliphatic carbocycles. The highest BCUT2D eigenvalue weighted by Crippen LogP contribution is 2.24. The smallest absolute Gasteiger partial charge is 0.191 e. The maximum Gasteiger partial charge on any atom is 0.191 e. The average Bonchev–Trinajstić information content (AvgIpc) is 3.25. The summed E-state index contributed by atoms with van der Waals surface area (Å²) < 4.78 is 28.9. The fraction of sp³-hybridized carbons (Fsp3) is 0.706. The van der Waals surface area contributed by atoms with Crippen molar-refractivity contribution in [2.24, 2.45) is 4.99 Å². The quantitative estimate of drug-likeness (QED) is 0.599. The largest absolute Gasteiger partial charge is 0.468 e. The van der Waals surface area contributed by atoms with E-state index >= 15 is 0 Å². The number of piperidine rings is 1. The van der Waals surface area contributed by atoms with Gasteiger partial charge in [-0.05, 0) is 44.5 Å². The van der Waals surface area contributed by atoms with Crippen LogP contribution >= 0.6 is 0 Å². The zero-order valence-corrected chi connectivity index (χ0v) is 15.6. The summed E-state index contributed by atoms with van der Waals surface area (Å²) in [5.41, 5.74) is 0. The highest BCUT2D eigenvalue weighted by Gasteiger charge is 2.29. The van der Waals surface area contributed by atoms with Crippen molar-refractivity contribution >= 4 is 15.8 Å². The van der Waals surface area contributed by atoms with E-state index in [0.717, 1.165) is 18.8 Å². The van der Waals surface area contributed by atoms with E-state index in [-0.39, 0.29) is 23.6 Å². The third-order valence-electron chi connectivity index (χ3n) is 4.96. The molecule has 0 spiro atoms. The van der Waals surface area contributed by atoms with Gasteiger partial charge in [0.1, 0.15) is 5.76 Å². The Hall–Kier alpha value is -1.54. The lowest BCUT2D eigenvalue weighted by Crippen LogP contribution is -2.47. The molecule has 3 heterocycles. The second-order valence-corrected chi connectivity index (χ2v) is 9.05. The Balaban J connectivity index is 1.59. The Bertz CT molecular complexity index is 666. The molecule has 2 saturated heterocycles. The van der Waals surface area contributed by atoms with Gasteiger partial charge in [-0.25, -0.2) is 8.42 Å². The van der Waals surface area contributed by atoms with Crippen LogP contribution in [0.4, 0.5) is 0 Å². The zero-order chi connectivity index (χ0) is 17.7. The molecule has 2 atom stereocenters. The van der Waals surface area contributed by atoms with Crippen molar-refractivity contribution in [3.8, 4) is 0 Å². The number of nitrogens with zero attached hydrogens (tertiary/aromatic N) is 2. The number of furan rings is 1. The molecule has 0 aromatic carbocycles. The Labute approximate surface area is 149 Å². The molecular weight excluding hydrogens is 340 g/mol. The Kier molecular flexibility index (Phi) is 6.01. The molecule has 2 unspecified atom stereocenters. The van der Waals surface area contributed by atoms with Crippen molar-refractivity contribution in [2.45, 2.75) is 37.8 Å². The summed E-state index contributed by atoms with van der Waals surface area (Å²) in [6.45, 7) is 2.81. The molecule has 25 heavy (non-hydrogen) atoms. The van der Waals surface area contributed by atoms with Crippen molar-refractivity contribution in [3.05, 3.63) is 24.2 Å². The standard InChI is InChI=1S/C17H28N4O3S/c1-18-17(20-14-7-11-25(22,23)13-14)19-12-15(16-6-5-10-24-16)21-8-3-2-4-9-21/h5-6,10,14-15H,2-4,7-9,11-13H2,1H3,(H2,18,19,20). The fourth-order valence-corrected chi connectivity index (χ4v) is 5.28. The van der Waals surface area contributed by atoms with Gasteiger partial charge in [-0.1, -0.05) is 6.42 Å². The van der Waals surface area contributed by atoms with Crippen LogP contribution in [0, 0.1) is 0 Å². The lowest BCUT2D eigenvalue weighted by atomic mass is 10.1. The van der Waals surface area contributed by atoms with Crippen LogP contribution in [0.25, 0.3) is 0 Å². The van der Waals surface area contributed by atoms with Crippen LogP contribution in [0.1, 0.15) is 37.5 Å². The average molecular weight is 369 g/mol. The van der Waals surface area contributed by atoms with E-state index in [0.29, 0.717) is 18.9 Å². The van der Waals surface area contributed by atoms with Crippen LogP contribution < -0.4 is 10.6 Å². The number of rotatable bonds is 5. The molecule has 2 N–H and O–H groups in total. The maximum absolute atomic E-state index is 11.6. The van der Waals surface area contributed by atoms with Gasteiger partial charge in [0.05, 0.1) is 23.8 Å². The fourth-order valence-electron chi connectivity index (χ4n) is 3.61. The zero-order valence-electron chi connectivity index (χ0n) is 14.8. The van der Waals surface area contributed by atoms with Crippen LogP contribution in [-0.2, 0) is 9.84 Å². The van der Waals surface area contributed by atoms with Crippen LogP contribution in [0.15, 0.2) is 27.8 Å². The predicted molar refractivity (Wildman–Crippen MR) is 98.4 cm³/mol. The Morgan fingerprint density at radius 3 is 2.80 bits per heavy atom. The molecule has 0 radical (unpaired) electrons. The number of guanidine groups is 1. The number of hydrogen-bond acceptors (Lipinski definition) is 5. The number of hydrogen-bond donors (Lipinski definition) is 2. The molecule has 2 aliphatic rings. The Morgan fingerprint density at radius 2 is 2.20 bits per heavy atom. The molecule has 1 aromatic rings. The first-order chi connectivity index (χ1) is 12.1. The first kappa shape index (κ1) is 18.3. The summed E-state index contributed by atoms with van der Waals surface area (Å²) in [6, 6.07) is 4.03. The summed E-state index contributed by atoms with van der Waals surface area (Å²) in [4.78, 5) is 6.70. The number of nitrogens with one attached hydrogen (secondary N) is 2. The SMILES string of the molecule is CN=C(NCC(c1ccco1)N1CCCCC1)NC1CCS(=O)(=O)C1. The first-order valence-corrected chi connectivity index (χ1v) is 10.8. The monoisotopic (exact) mass is 368 g/mol. The maximum atomic E-state index is 11.6. The number of sulfone groups is 1. The molecule has 2 fully saturated rings. The van der Waals surface area contributed by atoms with Crippen molar-refractivity contribution in [3.63, 3.8) is 0 Å². The van der Waals surface area contributed by atoms with Crippen LogP contribution in [-0.4, -0.2) is 63.5 Å².